The summed E-state index contributed by atoms with van der Waals surface area (Å²) in [7, 11) is 0. The van der Waals surface area contributed by atoms with Crippen LogP contribution in [0, 0.1) is 0 Å². The summed E-state index contributed by atoms with van der Waals surface area (Å²) in [4.78, 5) is 4.05. The first-order chi connectivity index (χ1) is 8.20. The first-order valence-corrected chi connectivity index (χ1v) is 7.97. The van der Waals surface area contributed by atoms with E-state index in [9.17, 15) is 0 Å². The lowest BCUT2D eigenvalue weighted by Gasteiger charge is -2.30. The van der Waals surface area contributed by atoms with Crippen LogP contribution in [0.4, 0.5) is 11.4 Å². The Morgan fingerprint density at radius 2 is 2.29 bits per heavy atom. The van der Waals surface area contributed by atoms with Crippen LogP contribution in [-0.2, 0) is 0 Å². The van der Waals surface area contributed by atoms with Gasteiger partial charge in [0.25, 0.3) is 0 Å². The van der Waals surface area contributed by atoms with Crippen LogP contribution in [0.15, 0.2) is 16.9 Å². The molecule has 3 nitrogen and oxygen atoms in total. The molecular weight excluding hydrogens is 298 g/mol. The molecule has 2 unspecified atom stereocenters. The van der Waals surface area contributed by atoms with Gasteiger partial charge in [0.2, 0.25) is 0 Å². The molecule has 0 amide bonds. The van der Waals surface area contributed by atoms with Crippen molar-refractivity contribution in [3.63, 3.8) is 0 Å². The third kappa shape index (κ3) is 3.28. The van der Waals surface area contributed by atoms with Gasteiger partial charge in [0.15, 0.2) is 0 Å². The quantitative estimate of drug-likeness (QED) is 0.896. The second-order valence-corrected chi connectivity index (χ2v) is 6.44. The fraction of sp³-hybridized carbons (Fsp3) is 0.583. The van der Waals surface area contributed by atoms with Gasteiger partial charge in [-0.25, -0.2) is 0 Å². The minimum absolute atomic E-state index is 0.530. The highest BCUT2D eigenvalue weighted by molar-refractivity contribution is 9.10. The van der Waals surface area contributed by atoms with E-state index in [1.807, 2.05) is 11.8 Å². The molecule has 1 aromatic heterocycles. The number of nitrogens with two attached hydrogens (primary N) is 1. The van der Waals surface area contributed by atoms with E-state index >= 15 is 0 Å². The van der Waals surface area contributed by atoms with Gasteiger partial charge in [0.05, 0.1) is 22.0 Å². The topological polar surface area (TPSA) is 50.9 Å². The minimum atomic E-state index is 0.530. The largest absolute Gasteiger partial charge is 0.396 e. The van der Waals surface area contributed by atoms with Crippen molar-refractivity contribution in [1.29, 1.82) is 0 Å². The van der Waals surface area contributed by atoms with Gasteiger partial charge in [-0.05, 0) is 41.4 Å². The fourth-order valence-electron chi connectivity index (χ4n) is 2.30. The van der Waals surface area contributed by atoms with Gasteiger partial charge in [0.1, 0.15) is 0 Å². The van der Waals surface area contributed by atoms with Crippen molar-refractivity contribution >= 4 is 39.1 Å². The molecule has 1 aromatic rings. The molecule has 94 valence electrons. The number of nitrogens with zero attached hydrogens (tertiary/aromatic N) is 1. The summed E-state index contributed by atoms with van der Waals surface area (Å²) in [5, 5.41) is 4.34. The highest BCUT2D eigenvalue weighted by Crippen LogP contribution is 2.33. The van der Waals surface area contributed by atoms with Crippen molar-refractivity contribution in [3.05, 3.63) is 16.9 Å². The molecule has 1 aliphatic carbocycles. The first-order valence-electron chi connectivity index (χ1n) is 5.89. The standard InChI is InChI=1S/C12H18BrN3S/c1-17-9-4-2-3-8(5-9)16-12-10(13)6-15-7-11(12)14/h6-9H,2-5,14H2,1H3,(H,15,16). The summed E-state index contributed by atoms with van der Waals surface area (Å²) in [5.74, 6) is 0. The molecule has 1 saturated carbocycles. The molecule has 0 spiro atoms. The Labute approximate surface area is 115 Å². The van der Waals surface area contributed by atoms with Crippen molar-refractivity contribution in [3.8, 4) is 0 Å². The molecular formula is C12H18BrN3S. The molecule has 0 saturated heterocycles. The summed E-state index contributed by atoms with van der Waals surface area (Å²) >= 11 is 5.47. The van der Waals surface area contributed by atoms with Gasteiger partial charge >= 0.3 is 0 Å². The van der Waals surface area contributed by atoms with Gasteiger partial charge < -0.3 is 11.1 Å². The maximum absolute atomic E-state index is 5.95. The summed E-state index contributed by atoms with van der Waals surface area (Å²) in [6, 6.07) is 0.530. The van der Waals surface area contributed by atoms with E-state index in [0.29, 0.717) is 11.7 Å². The van der Waals surface area contributed by atoms with Crippen LogP contribution in [-0.4, -0.2) is 22.5 Å². The number of hydrogen-bond donors (Lipinski definition) is 2. The van der Waals surface area contributed by atoms with Gasteiger partial charge in [-0.1, -0.05) is 6.42 Å². The van der Waals surface area contributed by atoms with E-state index in [1.54, 1.807) is 12.4 Å². The summed E-state index contributed by atoms with van der Waals surface area (Å²) in [6.45, 7) is 0. The van der Waals surface area contributed by atoms with Crippen LogP contribution in [0.3, 0.4) is 0 Å². The highest BCUT2D eigenvalue weighted by atomic mass is 79.9. The number of aromatic nitrogens is 1. The summed E-state index contributed by atoms with van der Waals surface area (Å²) in [6.07, 6.45) is 10.8. The number of nitrogen functional groups attached to an aromatic ring is 1. The highest BCUT2D eigenvalue weighted by Gasteiger charge is 2.22. The van der Waals surface area contributed by atoms with Crippen LogP contribution >= 0.6 is 27.7 Å². The van der Waals surface area contributed by atoms with Crippen LogP contribution in [0.1, 0.15) is 25.7 Å². The number of hydrogen-bond acceptors (Lipinski definition) is 4. The van der Waals surface area contributed by atoms with Crippen molar-refractivity contribution in [1.82, 2.24) is 4.98 Å². The minimum Gasteiger partial charge on any atom is -0.396 e. The first kappa shape index (κ1) is 13.0. The molecule has 1 heterocycles. The van der Waals surface area contributed by atoms with E-state index in [4.69, 9.17) is 5.73 Å². The molecule has 1 aliphatic rings. The second kappa shape index (κ2) is 5.96. The van der Waals surface area contributed by atoms with E-state index in [0.717, 1.165) is 15.4 Å². The molecule has 2 rings (SSSR count). The van der Waals surface area contributed by atoms with Crippen molar-refractivity contribution in [2.24, 2.45) is 0 Å². The molecule has 1 fully saturated rings. The van der Waals surface area contributed by atoms with Crippen LogP contribution < -0.4 is 11.1 Å². The van der Waals surface area contributed by atoms with Gasteiger partial charge in [-0.15, -0.1) is 0 Å². The Morgan fingerprint density at radius 3 is 3.00 bits per heavy atom. The lowest BCUT2D eigenvalue weighted by Crippen LogP contribution is -2.29. The fourth-order valence-corrected chi connectivity index (χ4v) is 3.59. The Kier molecular flexibility index (Phi) is 4.56. The molecule has 0 bridgehead atoms. The number of halogens is 1. The molecule has 17 heavy (non-hydrogen) atoms. The van der Waals surface area contributed by atoms with Gasteiger partial charge in [-0.2, -0.15) is 11.8 Å². The van der Waals surface area contributed by atoms with Gasteiger partial charge in [-0.3, -0.25) is 4.98 Å². The number of thioether (sulfide) groups is 1. The molecule has 5 heteroatoms. The van der Waals surface area contributed by atoms with Crippen molar-refractivity contribution < 1.29 is 0 Å². The molecule has 0 aromatic carbocycles. The summed E-state index contributed by atoms with van der Waals surface area (Å²) < 4.78 is 0.948. The SMILES string of the molecule is CSC1CCCC(Nc2c(N)cncc2Br)C1. The predicted octanol–water partition coefficient (Wildman–Crippen LogP) is 3.51. The molecule has 0 aliphatic heterocycles. The van der Waals surface area contributed by atoms with Crippen LogP contribution in [0.5, 0.6) is 0 Å². The van der Waals surface area contributed by atoms with E-state index in [-0.39, 0.29) is 0 Å². The van der Waals surface area contributed by atoms with E-state index < -0.39 is 0 Å². The van der Waals surface area contributed by atoms with Crippen LogP contribution in [0.25, 0.3) is 0 Å². The second-order valence-electron chi connectivity index (χ2n) is 4.45. The Morgan fingerprint density at radius 1 is 1.47 bits per heavy atom. The number of anilines is 2. The third-order valence-corrected chi connectivity index (χ3v) is 4.93. The predicted molar refractivity (Wildman–Crippen MR) is 79.5 cm³/mol. The monoisotopic (exact) mass is 315 g/mol. The molecule has 0 radical (unpaired) electrons. The average Bonchev–Trinajstić information content (AvgIpc) is 2.34. The third-order valence-electron chi connectivity index (χ3n) is 3.24. The maximum Gasteiger partial charge on any atom is 0.0752 e. The Hall–Kier alpha value is -0.420. The number of nitrogens with one attached hydrogen (secondary N) is 1. The zero-order valence-electron chi connectivity index (χ0n) is 9.95. The van der Waals surface area contributed by atoms with E-state index in [2.05, 4.69) is 32.5 Å². The smallest absolute Gasteiger partial charge is 0.0752 e. The lowest BCUT2D eigenvalue weighted by molar-refractivity contribution is 0.473. The Bertz CT molecular complexity index is 366. The summed E-state index contributed by atoms with van der Waals surface area (Å²) in [5.41, 5.74) is 7.65. The maximum atomic E-state index is 5.95. The van der Waals surface area contributed by atoms with Crippen LogP contribution in [0.2, 0.25) is 0 Å². The zero-order valence-corrected chi connectivity index (χ0v) is 12.4. The number of rotatable bonds is 3. The average molecular weight is 316 g/mol. The van der Waals surface area contributed by atoms with E-state index in [1.165, 1.54) is 25.7 Å². The lowest BCUT2D eigenvalue weighted by atomic mass is 9.95. The zero-order chi connectivity index (χ0) is 12.3. The normalized spacial score (nSPS) is 24.6. The Balaban J connectivity index is 2.05. The van der Waals surface area contributed by atoms with Crippen molar-refractivity contribution in [2.75, 3.05) is 17.3 Å². The number of pyridine rings is 1. The van der Waals surface area contributed by atoms with Crippen molar-refractivity contribution in [2.45, 2.75) is 37.0 Å². The molecule has 2 atom stereocenters. The van der Waals surface area contributed by atoms with Gasteiger partial charge in [0, 0.05) is 17.5 Å². The molecule has 3 N–H and O–H groups in total.